The zero-order valence-electron chi connectivity index (χ0n) is 10.9. The zero-order valence-corrected chi connectivity index (χ0v) is 14.1. The van der Waals surface area contributed by atoms with E-state index in [1.165, 1.54) is 20.5 Å². The van der Waals surface area contributed by atoms with Crippen LogP contribution in [0.4, 0.5) is 4.79 Å². The smallest absolute Gasteiger partial charge is 0.409 e. The minimum atomic E-state index is -3.48. The number of piperazine rings is 1. The van der Waals surface area contributed by atoms with Crippen molar-refractivity contribution in [3.8, 4) is 0 Å². The molecule has 0 bridgehead atoms. The first-order chi connectivity index (χ1) is 9.46. The number of rotatable bonds is 3. The van der Waals surface area contributed by atoms with Crippen LogP contribution in [0, 0.1) is 0 Å². The van der Waals surface area contributed by atoms with Crippen molar-refractivity contribution in [2.45, 2.75) is 11.1 Å². The second kappa shape index (κ2) is 6.42. The molecule has 1 aromatic heterocycles. The highest BCUT2D eigenvalue weighted by Crippen LogP contribution is 2.30. The molecule has 0 saturated carbocycles. The monoisotopic (exact) mass is 382 g/mol. The second-order valence-electron chi connectivity index (χ2n) is 4.15. The van der Waals surface area contributed by atoms with Crippen molar-refractivity contribution < 1.29 is 17.9 Å². The van der Waals surface area contributed by atoms with Gasteiger partial charge in [-0.1, -0.05) is 0 Å². The lowest BCUT2D eigenvalue weighted by atomic mass is 10.4. The van der Waals surface area contributed by atoms with Crippen LogP contribution in [0.25, 0.3) is 0 Å². The molecule has 1 fully saturated rings. The fraction of sp³-hybridized carbons (Fsp3) is 0.545. The number of nitrogens with zero attached hydrogens (tertiary/aromatic N) is 2. The van der Waals surface area contributed by atoms with Crippen LogP contribution in [0.1, 0.15) is 6.92 Å². The van der Waals surface area contributed by atoms with E-state index in [0.717, 1.165) is 0 Å². The number of hydrogen-bond donors (Lipinski definition) is 0. The summed E-state index contributed by atoms with van der Waals surface area (Å²) in [6.45, 7) is 3.32. The molecule has 0 aromatic carbocycles. The van der Waals surface area contributed by atoms with Crippen molar-refractivity contribution >= 4 is 43.4 Å². The van der Waals surface area contributed by atoms with E-state index in [9.17, 15) is 13.2 Å². The zero-order chi connectivity index (χ0) is 14.8. The quantitative estimate of drug-likeness (QED) is 0.801. The fourth-order valence-corrected chi connectivity index (χ4v) is 5.78. The molecule has 1 saturated heterocycles. The summed E-state index contributed by atoms with van der Waals surface area (Å²) in [4.78, 5) is 13.1. The third kappa shape index (κ3) is 3.16. The second-order valence-corrected chi connectivity index (χ2v) is 8.05. The van der Waals surface area contributed by atoms with Gasteiger partial charge in [0.05, 0.1) is 6.61 Å². The Bertz CT molecular complexity index is 579. The molecule has 112 valence electrons. The highest BCUT2D eigenvalue weighted by Gasteiger charge is 2.32. The van der Waals surface area contributed by atoms with Crippen molar-refractivity contribution in [1.29, 1.82) is 0 Å². The lowest BCUT2D eigenvalue weighted by Gasteiger charge is -2.33. The van der Waals surface area contributed by atoms with E-state index in [1.807, 2.05) is 0 Å². The summed E-state index contributed by atoms with van der Waals surface area (Å²) in [7, 11) is -3.48. The van der Waals surface area contributed by atoms with Gasteiger partial charge in [-0.3, -0.25) is 0 Å². The van der Waals surface area contributed by atoms with Crippen molar-refractivity contribution in [2.75, 3.05) is 32.8 Å². The maximum Gasteiger partial charge on any atom is 0.409 e. The van der Waals surface area contributed by atoms with Gasteiger partial charge in [-0.2, -0.15) is 4.31 Å². The minimum Gasteiger partial charge on any atom is -0.450 e. The number of hydrogen-bond acceptors (Lipinski definition) is 5. The van der Waals surface area contributed by atoms with Crippen molar-refractivity contribution in [1.82, 2.24) is 9.21 Å². The van der Waals surface area contributed by atoms with Gasteiger partial charge in [-0.15, -0.1) is 11.3 Å². The molecule has 0 radical (unpaired) electrons. The molecule has 0 aliphatic carbocycles. The first-order valence-corrected chi connectivity index (χ1v) is 9.23. The van der Waals surface area contributed by atoms with Crippen molar-refractivity contribution in [2.24, 2.45) is 0 Å². The molecule has 2 rings (SSSR count). The molecule has 0 atom stereocenters. The maximum atomic E-state index is 12.4. The summed E-state index contributed by atoms with van der Waals surface area (Å²) in [6, 6.07) is 1.71. The van der Waals surface area contributed by atoms with Crippen LogP contribution >= 0.6 is 27.3 Å². The summed E-state index contributed by atoms with van der Waals surface area (Å²) in [5, 5.41) is 1.73. The fourth-order valence-electron chi connectivity index (χ4n) is 1.91. The Morgan fingerprint density at radius 3 is 2.55 bits per heavy atom. The van der Waals surface area contributed by atoms with Crippen LogP contribution in [-0.4, -0.2) is 56.5 Å². The van der Waals surface area contributed by atoms with E-state index in [1.54, 1.807) is 18.4 Å². The summed E-state index contributed by atoms with van der Waals surface area (Å²) in [5.74, 6) is 0. The first-order valence-electron chi connectivity index (χ1n) is 6.11. The Morgan fingerprint density at radius 1 is 1.40 bits per heavy atom. The highest BCUT2D eigenvalue weighted by atomic mass is 79.9. The Kier molecular flexibility index (Phi) is 5.05. The number of halogens is 1. The molecule has 1 aliphatic heterocycles. The van der Waals surface area contributed by atoms with E-state index >= 15 is 0 Å². The molecular weight excluding hydrogens is 368 g/mol. The summed E-state index contributed by atoms with van der Waals surface area (Å²) in [6.07, 6.45) is -0.387. The molecule has 9 heteroatoms. The predicted molar refractivity (Wildman–Crippen MR) is 79.4 cm³/mol. The largest absolute Gasteiger partial charge is 0.450 e. The lowest BCUT2D eigenvalue weighted by Crippen LogP contribution is -2.50. The Hall–Kier alpha value is -0.640. The number of sulfonamides is 1. The van der Waals surface area contributed by atoms with Gasteiger partial charge in [-0.05, 0) is 34.3 Å². The molecule has 20 heavy (non-hydrogen) atoms. The molecule has 6 nitrogen and oxygen atoms in total. The predicted octanol–water partition coefficient (Wildman–Crippen LogP) is 1.97. The van der Waals surface area contributed by atoms with Crippen LogP contribution in [0.15, 0.2) is 20.1 Å². The highest BCUT2D eigenvalue weighted by molar-refractivity contribution is 9.10. The van der Waals surface area contributed by atoms with Crippen molar-refractivity contribution in [3.63, 3.8) is 0 Å². The van der Waals surface area contributed by atoms with Gasteiger partial charge < -0.3 is 9.64 Å². The lowest BCUT2D eigenvalue weighted by molar-refractivity contribution is 0.0934. The van der Waals surface area contributed by atoms with Crippen LogP contribution in [-0.2, 0) is 14.8 Å². The van der Waals surface area contributed by atoms with E-state index in [4.69, 9.17) is 4.74 Å². The van der Waals surface area contributed by atoms with Gasteiger partial charge >= 0.3 is 6.09 Å². The molecule has 0 N–H and O–H groups in total. The van der Waals surface area contributed by atoms with Gasteiger partial charge in [-0.25, -0.2) is 13.2 Å². The van der Waals surface area contributed by atoms with Crippen LogP contribution in [0.3, 0.4) is 0 Å². The standard InChI is InChI=1S/C11H15BrN2O4S2/c1-2-18-11(15)13-4-6-14(7-5-13)20(16,17)10-9(12)3-8-19-10/h3,8H,2,4-7H2,1H3. The van der Waals surface area contributed by atoms with Gasteiger partial charge in [0.25, 0.3) is 10.0 Å². The number of carbonyl (C=O) groups excluding carboxylic acids is 1. The third-order valence-electron chi connectivity index (χ3n) is 2.92. The van der Waals surface area contributed by atoms with Crippen LogP contribution < -0.4 is 0 Å². The molecule has 0 spiro atoms. The molecule has 0 unspecified atom stereocenters. The molecular formula is C11H15BrN2O4S2. The van der Waals surface area contributed by atoms with Gasteiger partial charge in [0, 0.05) is 30.7 Å². The summed E-state index contributed by atoms with van der Waals surface area (Å²) < 4.78 is 32.1. The summed E-state index contributed by atoms with van der Waals surface area (Å²) in [5.41, 5.74) is 0. The first kappa shape index (κ1) is 15.7. The van der Waals surface area contributed by atoms with Gasteiger partial charge in [0.1, 0.15) is 4.21 Å². The molecule has 2 heterocycles. The Labute approximate surface area is 130 Å². The minimum absolute atomic E-state index is 0.283. The Morgan fingerprint density at radius 2 is 2.05 bits per heavy atom. The SMILES string of the molecule is CCOC(=O)N1CCN(S(=O)(=O)c2sccc2Br)CC1. The van der Waals surface area contributed by atoms with Crippen molar-refractivity contribution in [3.05, 3.63) is 15.9 Å². The molecule has 1 amide bonds. The Balaban J connectivity index is 2.04. The van der Waals surface area contributed by atoms with Gasteiger partial charge in [0.15, 0.2) is 0 Å². The summed E-state index contributed by atoms with van der Waals surface area (Å²) >= 11 is 4.43. The molecule has 1 aliphatic rings. The van der Waals surface area contributed by atoms with Gasteiger partial charge in [0.2, 0.25) is 0 Å². The van der Waals surface area contributed by atoms with Crippen LogP contribution in [0.5, 0.6) is 0 Å². The number of amides is 1. The third-order valence-corrected chi connectivity index (χ3v) is 7.47. The normalized spacial score (nSPS) is 17.2. The van der Waals surface area contributed by atoms with Crippen LogP contribution in [0.2, 0.25) is 0 Å². The number of thiophene rings is 1. The topological polar surface area (TPSA) is 66.9 Å². The van der Waals surface area contributed by atoms with E-state index in [-0.39, 0.29) is 19.2 Å². The van der Waals surface area contributed by atoms with E-state index in [0.29, 0.717) is 28.4 Å². The number of carbonyl (C=O) groups is 1. The van der Waals surface area contributed by atoms with E-state index < -0.39 is 10.0 Å². The van der Waals surface area contributed by atoms with E-state index in [2.05, 4.69) is 15.9 Å². The average molecular weight is 383 g/mol. The number of ether oxygens (including phenoxy) is 1. The molecule has 1 aromatic rings. The average Bonchev–Trinajstić information content (AvgIpc) is 2.86. The maximum absolute atomic E-state index is 12.4.